The van der Waals surface area contributed by atoms with Crippen molar-refractivity contribution < 1.29 is 4.39 Å². The van der Waals surface area contributed by atoms with Gasteiger partial charge >= 0.3 is 0 Å². The highest BCUT2D eigenvalue weighted by Gasteiger charge is 2.28. The summed E-state index contributed by atoms with van der Waals surface area (Å²) < 4.78 is 13.0. The first-order valence-electron chi connectivity index (χ1n) is 6.47. The molecule has 0 aliphatic carbocycles. The molecule has 0 spiro atoms. The lowest BCUT2D eigenvalue weighted by Crippen LogP contribution is -2.59. The van der Waals surface area contributed by atoms with Gasteiger partial charge in [-0.15, -0.1) is 0 Å². The molecule has 0 bridgehead atoms. The normalized spacial score (nSPS) is 24.6. The third-order valence-electron chi connectivity index (χ3n) is 3.39. The number of rotatable bonds is 3. The maximum absolute atomic E-state index is 13.0. The molecule has 2 unspecified atom stereocenters. The van der Waals surface area contributed by atoms with Crippen molar-refractivity contribution in [1.82, 2.24) is 10.2 Å². The van der Waals surface area contributed by atoms with Crippen LogP contribution in [0.25, 0.3) is 0 Å². The Balaban J connectivity index is 2.21. The highest BCUT2D eigenvalue weighted by molar-refractivity contribution is 5.49. The molecule has 1 aromatic rings. The van der Waals surface area contributed by atoms with Crippen molar-refractivity contribution in [2.75, 3.05) is 38.6 Å². The average molecular weight is 251 g/mol. The predicted octanol–water partition coefficient (Wildman–Crippen LogP) is 1.55. The molecule has 1 aliphatic rings. The minimum atomic E-state index is -0.175. The Morgan fingerprint density at radius 2 is 1.94 bits per heavy atom. The second kappa shape index (κ2) is 5.67. The maximum atomic E-state index is 13.0. The molecule has 1 aliphatic heterocycles. The largest absolute Gasteiger partial charge is 0.362 e. The van der Waals surface area contributed by atoms with Crippen LogP contribution in [-0.2, 0) is 0 Å². The minimum absolute atomic E-state index is 0.175. The van der Waals surface area contributed by atoms with Gasteiger partial charge in [0.25, 0.3) is 0 Å². The van der Waals surface area contributed by atoms with Crippen molar-refractivity contribution >= 4 is 5.69 Å². The molecule has 18 heavy (non-hydrogen) atoms. The van der Waals surface area contributed by atoms with Gasteiger partial charge in [0.1, 0.15) is 5.82 Å². The lowest BCUT2D eigenvalue weighted by atomic mass is 10.1. The molecule has 4 heteroatoms. The second-order valence-electron chi connectivity index (χ2n) is 5.31. The summed E-state index contributed by atoms with van der Waals surface area (Å²) in [7, 11) is 4.17. The van der Waals surface area contributed by atoms with E-state index in [1.807, 2.05) is 12.1 Å². The molecule has 3 nitrogen and oxygen atoms in total. The van der Waals surface area contributed by atoms with Crippen LogP contribution in [-0.4, -0.2) is 50.7 Å². The van der Waals surface area contributed by atoms with E-state index in [2.05, 4.69) is 36.1 Å². The summed E-state index contributed by atoms with van der Waals surface area (Å²) in [6, 6.07) is 7.68. The van der Waals surface area contributed by atoms with Crippen LogP contribution < -0.4 is 10.2 Å². The zero-order valence-electron chi connectivity index (χ0n) is 11.4. The van der Waals surface area contributed by atoms with Gasteiger partial charge < -0.3 is 15.1 Å². The second-order valence-corrected chi connectivity index (χ2v) is 5.31. The Hall–Kier alpha value is -1.13. The van der Waals surface area contributed by atoms with E-state index in [4.69, 9.17) is 0 Å². The monoisotopic (exact) mass is 251 g/mol. The van der Waals surface area contributed by atoms with Crippen LogP contribution in [0.5, 0.6) is 0 Å². The summed E-state index contributed by atoms with van der Waals surface area (Å²) in [5, 5.41) is 3.46. The molecule has 1 aromatic carbocycles. The smallest absolute Gasteiger partial charge is 0.123 e. The number of nitrogens with one attached hydrogen (secondary N) is 1. The van der Waals surface area contributed by atoms with Crippen molar-refractivity contribution in [3.63, 3.8) is 0 Å². The Morgan fingerprint density at radius 1 is 1.28 bits per heavy atom. The van der Waals surface area contributed by atoms with Crippen molar-refractivity contribution in [3.05, 3.63) is 30.1 Å². The molecule has 0 radical (unpaired) electrons. The molecule has 0 amide bonds. The number of benzene rings is 1. The van der Waals surface area contributed by atoms with Crippen LogP contribution in [0.3, 0.4) is 0 Å². The number of halogens is 1. The van der Waals surface area contributed by atoms with Crippen LogP contribution in [0, 0.1) is 5.82 Å². The number of hydrogen-bond acceptors (Lipinski definition) is 3. The molecule has 2 atom stereocenters. The highest BCUT2D eigenvalue weighted by atomic mass is 19.1. The van der Waals surface area contributed by atoms with Crippen molar-refractivity contribution in [2.45, 2.75) is 19.0 Å². The molecule has 0 saturated carbocycles. The summed E-state index contributed by atoms with van der Waals surface area (Å²) in [6.45, 7) is 5.15. The molecular weight excluding hydrogens is 229 g/mol. The Labute approximate surface area is 109 Å². The first-order chi connectivity index (χ1) is 8.58. The molecule has 1 N–H and O–H groups in total. The summed E-state index contributed by atoms with van der Waals surface area (Å²) in [5.74, 6) is -0.175. The average Bonchev–Trinajstić information content (AvgIpc) is 2.30. The lowest BCUT2D eigenvalue weighted by Gasteiger charge is -2.44. The molecule has 1 saturated heterocycles. The lowest BCUT2D eigenvalue weighted by molar-refractivity contribution is 0.316. The summed E-state index contributed by atoms with van der Waals surface area (Å²) in [6.07, 6.45) is 0. The molecular formula is C14H22FN3. The zero-order chi connectivity index (χ0) is 13.1. The van der Waals surface area contributed by atoms with Gasteiger partial charge in [-0.05, 0) is 45.3 Å². The minimum Gasteiger partial charge on any atom is -0.362 e. The quantitative estimate of drug-likeness (QED) is 0.879. The molecule has 100 valence electrons. The highest BCUT2D eigenvalue weighted by Crippen LogP contribution is 2.22. The van der Waals surface area contributed by atoms with Gasteiger partial charge in [0.2, 0.25) is 0 Å². The summed E-state index contributed by atoms with van der Waals surface area (Å²) in [5.41, 5.74) is 1.11. The molecule has 1 heterocycles. The molecule has 2 rings (SSSR count). The van der Waals surface area contributed by atoms with Crippen LogP contribution >= 0.6 is 0 Å². The summed E-state index contributed by atoms with van der Waals surface area (Å²) in [4.78, 5) is 4.59. The van der Waals surface area contributed by atoms with E-state index in [0.717, 1.165) is 25.3 Å². The van der Waals surface area contributed by atoms with E-state index in [-0.39, 0.29) is 5.82 Å². The van der Waals surface area contributed by atoms with E-state index in [9.17, 15) is 4.39 Å². The van der Waals surface area contributed by atoms with Crippen LogP contribution in [0.4, 0.5) is 10.1 Å². The number of anilines is 1. The fourth-order valence-electron chi connectivity index (χ4n) is 2.67. The summed E-state index contributed by atoms with van der Waals surface area (Å²) >= 11 is 0. The fourth-order valence-corrected chi connectivity index (χ4v) is 2.67. The molecule has 1 fully saturated rings. The van der Waals surface area contributed by atoms with E-state index < -0.39 is 0 Å². The standard InChI is InChI=1S/C14H22FN3/c1-11-8-16-9-14(10-17(2)3)18(11)13-6-4-12(15)5-7-13/h4-7,11,14,16H,8-10H2,1-3H3. The number of hydrogen-bond donors (Lipinski definition) is 1. The van der Waals surface area contributed by atoms with Crippen molar-refractivity contribution in [1.29, 1.82) is 0 Å². The van der Waals surface area contributed by atoms with Gasteiger partial charge in [-0.2, -0.15) is 0 Å². The van der Waals surface area contributed by atoms with Gasteiger partial charge in [-0.3, -0.25) is 0 Å². The fraction of sp³-hybridized carbons (Fsp3) is 0.571. The zero-order valence-corrected chi connectivity index (χ0v) is 11.4. The van der Waals surface area contributed by atoms with Gasteiger partial charge in [-0.25, -0.2) is 4.39 Å². The van der Waals surface area contributed by atoms with Crippen LogP contribution in [0.1, 0.15) is 6.92 Å². The van der Waals surface area contributed by atoms with E-state index in [1.54, 1.807) is 0 Å². The first kappa shape index (κ1) is 13.3. The molecule has 0 aromatic heterocycles. The van der Waals surface area contributed by atoms with E-state index in [0.29, 0.717) is 12.1 Å². The van der Waals surface area contributed by atoms with Gasteiger partial charge in [0, 0.05) is 31.4 Å². The van der Waals surface area contributed by atoms with Crippen LogP contribution in [0.2, 0.25) is 0 Å². The van der Waals surface area contributed by atoms with E-state index in [1.165, 1.54) is 12.1 Å². The Bertz CT molecular complexity index is 377. The SMILES string of the molecule is CC1CNCC(CN(C)C)N1c1ccc(F)cc1. The topological polar surface area (TPSA) is 18.5 Å². The van der Waals surface area contributed by atoms with Crippen LogP contribution in [0.15, 0.2) is 24.3 Å². The number of nitrogens with zero attached hydrogens (tertiary/aromatic N) is 2. The first-order valence-corrected chi connectivity index (χ1v) is 6.47. The maximum Gasteiger partial charge on any atom is 0.123 e. The Kier molecular flexibility index (Phi) is 4.19. The predicted molar refractivity (Wildman–Crippen MR) is 73.6 cm³/mol. The number of piperazine rings is 1. The van der Waals surface area contributed by atoms with E-state index >= 15 is 0 Å². The van der Waals surface area contributed by atoms with Crippen molar-refractivity contribution in [3.8, 4) is 0 Å². The third-order valence-corrected chi connectivity index (χ3v) is 3.39. The van der Waals surface area contributed by atoms with Gasteiger partial charge in [0.15, 0.2) is 0 Å². The number of likely N-dealkylation sites (N-methyl/N-ethyl adjacent to an activating group) is 1. The van der Waals surface area contributed by atoms with Gasteiger partial charge in [-0.1, -0.05) is 0 Å². The van der Waals surface area contributed by atoms with Crippen molar-refractivity contribution in [2.24, 2.45) is 0 Å². The third kappa shape index (κ3) is 3.00. The Morgan fingerprint density at radius 3 is 2.56 bits per heavy atom. The van der Waals surface area contributed by atoms with Gasteiger partial charge in [0.05, 0.1) is 6.04 Å².